The molecule has 45 heavy (non-hydrogen) atoms. The predicted octanol–water partition coefficient (Wildman–Crippen LogP) is 2.77. The fourth-order valence-corrected chi connectivity index (χ4v) is 6.12. The zero-order valence-corrected chi connectivity index (χ0v) is 25.0. The zero-order valence-electron chi connectivity index (χ0n) is 24.2. The number of nitrogens with zero attached hydrogens (tertiary/aromatic N) is 7. The van der Waals surface area contributed by atoms with Gasteiger partial charge in [0.1, 0.15) is 6.54 Å². The average molecular weight is 644 g/mol. The highest BCUT2D eigenvalue weighted by atomic mass is 35.5. The summed E-state index contributed by atoms with van der Waals surface area (Å²) in [5.41, 5.74) is -0.817. The molecular weight excluding hydrogens is 615 g/mol. The van der Waals surface area contributed by atoms with Gasteiger partial charge in [0, 0.05) is 58.2 Å². The van der Waals surface area contributed by atoms with Crippen LogP contribution in [0.2, 0.25) is 5.02 Å². The van der Waals surface area contributed by atoms with E-state index in [4.69, 9.17) is 18.0 Å². The van der Waals surface area contributed by atoms with Crippen LogP contribution in [0.1, 0.15) is 33.1 Å². The van der Waals surface area contributed by atoms with Gasteiger partial charge in [-0.05, 0) is 31.2 Å². The smallest absolute Gasteiger partial charge is 0.335 e. The predicted molar refractivity (Wildman–Crippen MR) is 157 cm³/mol. The summed E-state index contributed by atoms with van der Waals surface area (Å²) in [6.45, 7) is 3.78. The third-order valence-electron chi connectivity index (χ3n) is 8.41. The van der Waals surface area contributed by atoms with E-state index in [2.05, 4.69) is 26.6 Å². The highest BCUT2D eigenvalue weighted by molar-refractivity contribution is 6.34. The number of carbonyl (C=O) groups is 3. The van der Waals surface area contributed by atoms with Gasteiger partial charge in [-0.1, -0.05) is 17.5 Å². The monoisotopic (exact) mass is 643 g/mol. The second-order valence-corrected chi connectivity index (χ2v) is 11.7. The second-order valence-electron chi connectivity index (χ2n) is 11.3. The minimum Gasteiger partial charge on any atom is -0.335 e. The number of imidazole rings is 1. The third kappa shape index (κ3) is 5.71. The number of terminal acetylenes is 1. The first kappa shape index (κ1) is 30.5. The molecular formula is C29H29ClF3N9O3. The Bertz CT molecular complexity index is 1710. The molecule has 0 aliphatic carbocycles. The number of alkyl halides is 3. The molecule has 1 spiro atoms. The van der Waals surface area contributed by atoms with Gasteiger partial charge in [-0.3, -0.25) is 14.3 Å². The minimum atomic E-state index is -4.76. The molecule has 12 nitrogen and oxygen atoms in total. The Morgan fingerprint density at radius 3 is 2.42 bits per heavy atom. The van der Waals surface area contributed by atoms with Crippen LogP contribution in [0, 0.1) is 12.3 Å². The molecule has 0 saturated carbocycles. The second kappa shape index (κ2) is 11.4. The first-order chi connectivity index (χ1) is 21.4. The summed E-state index contributed by atoms with van der Waals surface area (Å²) in [5, 5.41) is 9.66. The Morgan fingerprint density at radius 1 is 1.13 bits per heavy atom. The molecule has 4 amide bonds. The Balaban J connectivity index is 1.08. The Hall–Kier alpha value is -4.55. The van der Waals surface area contributed by atoms with Crippen molar-refractivity contribution in [1.29, 1.82) is 0 Å². The molecule has 236 valence electrons. The number of aromatic nitrogens is 4. The lowest BCUT2D eigenvalue weighted by molar-refractivity contribution is -0.141. The molecule has 3 aromatic rings. The molecule has 0 atom stereocenters. The quantitative estimate of drug-likeness (QED) is 0.413. The Kier molecular flexibility index (Phi) is 7.74. The summed E-state index contributed by atoms with van der Waals surface area (Å²) in [5.74, 6) is 1.07. The molecule has 2 aromatic heterocycles. The molecule has 0 radical (unpaired) electrons. The number of likely N-dealkylation sites (tertiary alicyclic amines) is 1. The van der Waals surface area contributed by atoms with Gasteiger partial charge < -0.3 is 29.9 Å². The van der Waals surface area contributed by atoms with Gasteiger partial charge >= 0.3 is 12.2 Å². The number of carbonyl (C=O) groups excluding carboxylic acids is 3. The van der Waals surface area contributed by atoms with E-state index in [1.165, 1.54) is 29.8 Å². The first-order valence-electron chi connectivity index (χ1n) is 14.2. The van der Waals surface area contributed by atoms with Crippen molar-refractivity contribution in [3.8, 4) is 23.6 Å². The Labute approximate surface area is 261 Å². The van der Waals surface area contributed by atoms with E-state index < -0.39 is 17.8 Å². The van der Waals surface area contributed by atoms with Gasteiger partial charge in [0.25, 0.3) is 11.8 Å². The van der Waals surface area contributed by atoms with E-state index in [9.17, 15) is 27.6 Å². The van der Waals surface area contributed by atoms with Crippen LogP contribution in [0.3, 0.4) is 0 Å². The van der Waals surface area contributed by atoms with Gasteiger partial charge in [0.05, 0.1) is 33.6 Å². The zero-order chi connectivity index (χ0) is 32.1. The van der Waals surface area contributed by atoms with Crippen LogP contribution in [-0.4, -0.2) is 103 Å². The molecule has 0 unspecified atom stereocenters. The molecule has 2 N–H and O–H groups in total. The van der Waals surface area contributed by atoms with E-state index in [0.29, 0.717) is 39.3 Å². The number of anilines is 1. The normalized spacial score (nSPS) is 17.5. The number of hydrogen-bond acceptors (Lipinski definition) is 6. The van der Waals surface area contributed by atoms with Crippen LogP contribution >= 0.6 is 11.6 Å². The van der Waals surface area contributed by atoms with Crippen molar-refractivity contribution in [2.45, 2.75) is 24.7 Å². The molecule has 3 saturated heterocycles. The van der Waals surface area contributed by atoms with Crippen molar-refractivity contribution >= 4 is 35.1 Å². The van der Waals surface area contributed by atoms with Crippen LogP contribution in [0.4, 0.5) is 23.7 Å². The SMILES string of the molecule is C#CCn1cc(-c2cnc(C(=O)Nc3ccc(C(=O)N4CCN(C(=O)N5CC6(CCN6)C5)CC4)c(Cl)c3)n2C)c(C(F)(F)F)n1. The van der Waals surface area contributed by atoms with Crippen molar-refractivity contribution in [3.63, 3.8) is 0 Å². The number of benzene rings is 1. The summed E-state index contributed by atoms with van der Waals surface area (Å²) in [6, 6.07) is 4.39. The lowest BCUT2D eigenvalue weighted by Crippen LogP contribution is -2.77. The largest absolute Gasteiger partial charge is 0.435 e. The third-order valence-corrected chi connectivity index (χ3v) is 8.72. The fraction of sp³-hybridized carbons (Fsp3) is 0.414. The van der Waals surface area contributed by atoms with E-state index in [-0.39, 0.29) is 57.4 Å². The average Bonchev–Trinajstić information content (AvgIpc) is 3.55. The van der Waals surface area contributed by atoms with Crippen LogP contribution in [0.5, 0.6) is 0 Å². The molecule has 0 bridgehead atoms. The van der Waals surface area contributed by atoms with Crippen molar-refractivity contribution in [2.24, 2.45) is 7.05 Å². The molecule has 3 aliphatic rings. The number of urea groups is 1. The Morgan fingerprint density at radius 2 is 1.82 bits per heavy atom. The number of nitrogens with one attached hydrogen (secondary N) is 2. The maximum Gasteiger partial charge on any atom is 0.435 e. The summed E-state index contributed by atoms with van der Waals surface area (Å²) >= 11 is 6.44. The lowest BCUT2D eigenvalue weighted by Gasteiger charge is -2.57. The van der Waals surface area contributed by atoms with E-state index in [1.807, 2.05) is 4.90 Å². The summed E-state index contributed by atoms with van der Waals surface area (Å²) in [7, 11) is 1.41. The summed E-state index contributed by atoms with van der Waals surface area (Å²) in [4.78, 5) is 48.3. The number of rotatable bonds is 5. The number of halogens is 4. The number of hydrogen-bond donors (Lipinski definition) is 2. The maximum absolute atomic E-state index is 13.7. The summed E-state index contributed by atoms with van der Waals surface area (Å²) in [6.07, 6.45) is 3.85. The van der Waals surface area contributed by atoms with E-state index in [1.54, 1.807) is 9.80 Å². The fourth-order valence-electron chi connectivity index (χ4n) is 5.86. The van der Waals surface area contributed by atoms with Crippen molar-refractivity contribution in [2.75, 3.05) is 51.1 Å². The topological polar surface area (TPSA) is 121 Å². The molecule has 3 aliphatic heterocycles. The van der Waals surface area contributed by atoms with Gasteiger partial charge in [-0.2, -0.15) is 18.3 Å². The minimum absolute atomic E-state index is 0.0145. The van der Waals surface area contributed by atoms with Gasteiger partial charge in [-0.15, -0.1) is 6.42 Å². The van der Waals surface area contributed by atoms with Crippen molar-refractivity contribution in [3.05, 3.63) is 52.7 Å². The number of piperazine rings is 1. The standard InChI is InChI=1S/C29H29ClF3N9O3/c1-3-8-42-15-20(23(37-42)29(31,32)33)22-14-34-24(38(22)2)25(43)36-18-4-5-19(21(30)13-18)26(44)39-9-11-40(12-10-39)27(45)41-16-28(17-41)6-7-35-28/h1,4-5,13-15,35H,6-12,16-17H2,2H3,(H,36,43). The van der Waals surface area contributed by atoms with E-state index >= 15 is 0 Å². The van der Waals surface area contributed by atoms with Gasteiger partial charge in [0.15, 0.2) is 11.5 Å². The van der Waals surface area contributed by atoms with Gasteiger partial charge in [-0.25, -0.2) is 9.78 Å². The highest BCUT2D eigenvalue weighted by Crippen LogP contribution is 2.36. The molecule has 6 rings (SSSR count). The highest BCUT2D eigenvalue weighted by Gasteiger charge is 2.50. The van der Waals surface area contributed by atoms with Crippen LogP contribution < -0.4 is 10.6 Å². The molecule has 3 fully saturated rings. The molecule has 16 heteroatoms. The van der Waals surface area contributed by atoms with Crippen molar-refractivity contribution < 1.29 is 27.6 Å². The van der Waals surface area contributed by atoms with Crippen LogP contribution in [0.15, 0.2) is 30.6 Å². The van der Waals surface area contributed by atoms with Gasteiger partial charge in [0.2, 0.25) is 0 Å². The lowest BCUT2D eigenvalue weighted by atomic mass is 9.80. The molecule has 5 heterocycles. The van der Waals surface area contributed by atoms with Crippen molar-refractivity contribution in [1.82, 2.24) is 39.3 Å². The number of amides is 4. The van der Waals surface area contributed by atoms with Crippen LogP contribution in [-0.2, 0) is 19.8 Å². The summed E-state index contributed by atoms with van der Waals surface area (Å²) < 4.78 is 43.2. The van der Waals surface area contributed by atoms with E-state index in [0.717, 1.165) is 30.0 Å². The molecule has 1 aromatic carbocycles. The van der Waals surface area contributed by atoms with Crippen LogP contribution in [0.25, 0.3) is 11.3 Å². The maximum atomic E-state index is 13.7. The first-order valence-corrected chi connectivity index (χ1v) is 14.6.